The summed E-state index contributed by atoms with van der Waals surface area (Å²) >= 11 is 12.7. The number of carbonyl (C=O) groups excluding carboxylic acids is 1. The molecule has 0 unspecified atom stereocenters. The van der Waals surface area contributed by atoms with Crippen LogP contribution in [0.5, 0.6) is 0 Å². The lowest BCUT2D eigenvalue weighted by Crippen LogP contribution is -2.30. The maximum atomic E-state index is 13.5. The summed E-state index contributed by atoms with van der Waals surface area (Å²) in [7, 11) is 0. The Morgan fingerprint density at radius 2 is 1.83 bits per heavy atom. The fourth-order valence-corrected chi connectivity index (χ4v) is 4.82. The molecule has 0 spiro atoms. The van der Waals surface area contributed by atoms with E-state index in [9.17, 15) is 9.18 Å². The Balaban J connectivity index is 1.61. The summed E-state index contributed by atoms with van der Waals surface area (Å²) in [5.74, 6) is -0.583. The van der Waals surface area contributed by atoms with Gasteiger partial charge in [0.25, 0.3) is 5.91 Å². The first kappa shape index (κ1) is 24.3. The molecule has 0 radical (unpaired) electrons. The maximum absolute atomic E-state index is 13.5. The smallest absolute Gasteiger partial charge is 0.272 e. The Morgan fingerprint density at radius 3 is 2.56 bits per heavy atom. The second-order valence-corrected chi connectivity index (χ2v) is 9.46. The lowest BCUT2D eigenvalue weighted by molar-refractivity contribution is 0.0933. The van der Waals surface area contributed by atoms with Gasteiger partial charge in [-0.3, -0.25) is 4.79 Å². The number of carbonyl (C=O) groups is 1. The lowest BCUT2D eigenvalue weighted by atomic mass is 9.98. The van der Waals surface area contributed by atoms with Crippen LogP contribution in [0.25, 0.3) is 17.3 Å². The predicted octanol–water partition coefficient (Wildman–Crippen LogP) is 6.45. The normalized spacial score (nSPS) is 14.9. The minimum atomic E-state index is -0.302. The molecule has 1 atom stereocenters. The van der Waals surface area contributed by atoms with Crippen LogP contribution in [0.15, 0.2) is 72.8 Å². The molecular formula is C28H23Cl2FN4O. The summed E-state index contributed by atoms with van der Waals surface area (Å²) in [6.07, 6.45) is 1.96. The van der Waals surface area contributed by atoms with Gasteiger partial charge in [0.2, 0.25) is 0 Å². The molecule has 4 aromatic rings. The maximum Gasteiger partial charge on any atom is 0.272 e. The second kappa shape index (κ2) is 10.3. The molecule has 182 valence electrons. The molecule has 2 heterocycles. The Labute approximate surface area is 218 Å². The highest BCUT2D eigenvalue weighted by Crippen LogP contribution is 2.33. The third-order valence-electron chi connectivity index (χ3n) is 6.12. The van der Waals surface area contributed by atoms with Crippen LogP contribution in [0.4, 0.5) is 4.39 Å². The van der Waals surface area contributed by atoms with Gasteiger partial charge in [0, 0.05) is 23.7 Å². The van der Waals surface area contributed by atoms with Crippen molar-refractivity contribution < 1.29 is 9.18 Å². The van der Waals surface area contributed by atoms with E-state index in [0.717, 1.165) is 28.0 Å². The quantitative estimate of drug-likeness (QED) is 0.317. The number of hydrogen-bond donors (Lipinski definition) is 2. The molecule has 2 N–H and O–H groups in total. The summed E-state index contributed by atoms with van der Waals surface area (Å²) in [5.41, 5.74) is 5.19. The van der Waals surface area contributed by atoms with Crippen LogP contribution in [-0.2, 0) is 6.54 Å². The molecule has 0 bridgehead atoms. The monoisotopic (exact) mass is 520 g/mol. The second-order valence-electron chi connectivity index (χ2n) is 8.61. The van der Waals surface area contributed by atoms with E-state index in [1.165, 1.54) is 12.1 Å². The number of amides is 1. The Hall–Kier alpha value is -3.45. The van der Waals surface area contributed by atoms with E-state index in [1.54, 1.807) is 35.0 Å². The molecule has 1 aliphatic heterocycles. The van der Waals surface area contributed by atoms with Crippen molar-refractivity contribution in [3.63, 3.8) is 0 Å². The lowest BCUT2D eigenvalue weighted by Gasteiger charge is -2.20. The molecule has 8 heteroatoms. The number of rotatable bonds is 5. The van der Waals surface area contributed by atoms with Crippen LogP contribution in [0.1, 0.15) is 45.8 Å². The van der Waals surface area contributed by atoms with Crippen molar-refractivity contribution in [2.45, 2.75) is 19.5 Å². The number of benzene rings is 3. The molecule has 0 saturated heterocycles. The number of halogens is 3. The summed E-state index contributed by atoms with van der Waals surface area (Å²) in [6.45, 7) is 2.94. The SMILES string of the molecule is C[C@@H](NC(=O)c1nn(-c2ccc(Cl)cc2Cl)c2c1CNC/C2=C\c1ccc(F)cc1)c1ccccc1. The van der Waals surface area contributed by atoms with Gasteiger partial charge in [-0.1, -0.05) is 65.7 Å². The van der Waals surface area contributed by atoms with Crippen molar-refractivity contribution >= 4 is 40.8 Å². The molecule has 36 heavy (non-hydrogen) atoms. The number of aromatic nitrogens is 2. The highest BCUT2D eigenvalue weighted by molar-refractivity contribution is 6.35. The zero-order valence-corrected chi connectivity index (χ0v) is 20.9. The molecule has 5 rings (SSSR count). The summed E-state index contributed by atoms with van der Waals surface area (Å²) in [5, 5.41) is 12.1. The molecule has 0 fully saturated rings. The van der Waals surface area contributed by atoms with Gasteiger partial charge in [-0.25, -0.2) is 9.07 Å². The molecule has 0 saturated carbocycles. The van der Waals surface area contributed by atoms with Crippen molar-refractivity contribution in [3.8, 4) is 5.69 Å². The topological polar surface area (TPSA) is 59.0 Å². The van der Waals surface area contributed by atoms with Crippen molar-refractivity contribution in [2.24, 2.45) is 0 Å². The van der Waals surface area contributed by atoms with Gasteiger partial charge in [0.05, 0.1) is 22.4 Å². The first-order chi connectivity index (χ1) is 17.4. The van der Waals surface area contributed by atoms with E-state index in [-0.39, 0.29) is 17.8 Å². The first-order valence-electron chi connectivity index (χ1n) is 11.5. The van der Waals surface area contributed by atoms with Crippen LogP contribution in [0.2, 0.25) is 10.0 Å². The predicted molar refractivity (Wildman–Crippen MR) is 142 cm³/mol. The van der Waals surface area contributed by atoms with Gasteiger partial charge in [-0.05, 0) is 60.0 Å². The number of fused-ring (bicyclic) bond motifs is 1. The minimum absolute atomic E-state index is 0.204. The summed E-state index contributed by atoms with van der Waals surface area (Å²) < 4.78 is 15.2. The summed E-state index contributed by atoms with van der Waals surface area (Å²) in [6, 6.07) is 21.0. The largest absolute Gasteiger partial charge is 0.344 e. The number of nitrogens with one attached hydrogen (secondary N) is 2. The average molecular weight is 521 g/mol. The Bertz CT molecular complexity index is 1450. The standard InChI is InChI=1S/C28H23Cl2FN4O/c1-17(19-5-3-2-4-6-19)33-28(36)26-23-16-32-15-20(13-18-7-10-22(31)11-8-18)27(23)35(34-26)25-12-9-21(29)14-24(25)30/h2-14,17,32H,15-16H2,1H3,(H,33,36)/b20-13+/t17-/m1/s1. The highest BCUT2D eigenvalue weighted by Gasteiger charge is 2.29. The highest BCUT2D eigenvalue weighted by atomic mass is 35.5. The minimum Gasteiger partial charge on any atom is -0.344 e. The fourth-order valence-electron chi connectivity index (χ4n) is 4.33. The van der Waals surface area contributed by atoms with Crippen LogP contribution in [0, 0.1) is 5.82 Å². The van der Waals surface area contributed by atoms with Gasteiger partial charge in [0.1, 0.15) is 5.82 Å². The van der Waals surface area contributed by atoms with Crippen LogP contribution in [0.3, 0.4) is 0 Å². The van der Waals surface area contributed by atoms with Gasteiger partial charge >= 0.3 is 0 Å². The fraction of sp³-hybridized carbons (Fsp3) is 0.143. The van der Waals surface area contributed by atoms with Gasteiger partial charge in [-0.2, -0.15) is 5.10 Å². The van der Waals surface area contributed by atoms with Crippen molar-refractivity contribution in [3.05, 3.63) is 117 Å². The third-order valence-corrected chi connectivity index (χ3v) is 6.65. The van der Waals surface area contributed by atoms with E-state index in [4.69, 9.17) is 28.3 Å². The van der Waals surface area contributed by atoms with Crippen LogP contribution >= 0.6 is 23.2 Å². The zero-order chi connectivity index (χ0) is 25.2. The Morgan fingerprint density at radius 1 is 1.08 bits per heavy atom. The van der Waals surface area contributed by atoms with Crippen LogP contribution in [-0.4, -0.2) is 22.2 Å². The van der Waals surface area contributed by atoms with Crippen molar-refractivity contribution in [1.82, 2.24) is 20.4 Å². The molecule has 5 nitrogen and oxygen atoms in total. The summed E-state index contributed by atoms with van der Waals surface area (Å²) in [4.78, 5) is 13.5. The van der Waals surface area contributed by atoms with E-state index in [0.29, 0.717) is 34.5 Å². The molecule has 3 aromatic carbocycles. The number of nitrogens with zero attached hydrogens (tertiary/aromatic N) is 2. The average Bonchev–Trinajstić information content (AvgIpc) is 3.26. The van der Waals surface area contributed by atoms with E-state index in [1.807, 2.05) is 43.3 Å². The third kappa shape index (κ3) is 4.93. The van der Waals surface area contributed by atoms with Gasteiger partial charge in [0.15, 0.2) is 5.69 Å². The van der Waals surface area contributed by atoms with E-state index < -0.39 is 0 Å². The first-order valence-corrected chi connectivity index (χ1v) is 12.3. The van der Waals surface area contributed by atoms with E-state index in [2.05, 4.69) is 10.6 Å². The van der Waals surface area contributed by atoms with Gasteiger partial charge < -0.3 is 10.6 Å². The molecule has 1 amide bonds. The number of hydrogen-bond acceptors (Lipinski definition) is 3. The molecular weight excluding hydrogens is 498 g/mol. The van der Waals surface area contributed by atoms with Crippen LogP contribution < -0.4 is 10.6 Å². The molecule has 1 aliphatic rings. The van der Waals surface area contributed by atoms with E-state index >= 15 is 0 Å². The zero-order valence-electron chi connectivity index (χ0n) is 19.4. The molecule has 1 aromatic heterocycles. The van der Waals surface area contributed by atoms with Crippen molar-refractivity contribution in [2.75, 3.05) is 6.54 Å². The van der Waals surface area contributed by atoms with Gasteiger partial charge in [-0.15, -0.1) is 0 Å². The molecule has 0 aliphatic carbocycles. The Kier molecular flexibility index (Phi) is 6.92. The van der Waals surface area contributed by atoms with Crippen molar-refractivity contribution in [1.29, 1.82) is 0 Å².